The maximum absolute atomic E-state index is 12.1. The zero-order valence-electron chi connectivity index (χ0n) is 13.3. The average Bonchev–Trinajstić information content (AvgIpc) is 2.62. The Labute approximate surface area is 143 Å². The minimum Gasteiger partial charge on any atom is -0.273 e. The minimum absolute atomic E-state index is 0.0112. The maximum atomic E-state index is 12.1. The highest BCUT2D eigenvalue weighted by atomic mass is 16.6. The molecule has 3 aromatic carbocycles. The second-order valence-corrected chi connectivity index (χ2v) is 5.46. The number of hydrogen-bond acceptors (Lipinski definition) is 4. The fraction of sp³-hybridized carbons (Fsp3) is 0.0526. The highest BCUT2D eigenvalue weighted by Crippen LogP contribution is 2.18. The molecule has 1 N–H and O–H groups in total. The number of non-ortho nitro benzene ring substituents is 1. The predicted octanol–water partition coefficient (Wildman–Crippen LogP) is 3.44. The van der Waals surface area contributed by atoms with Crippen molar-refractivity contribution in [3.63, 3.8) is 0 Å². The van der Waals surface area contributed by atoms with Crippen molar-refractivity contribution in [2.24, 2.45) is 5.10 Å². The molecule has 0 bridgehead atoms. The molecule has 0 saturated carbocycles. The summed E-state index contributed by atoms with van der Waals surface area (Å²) in [5, 5.41) is 16.6. The number of carbonyl (C=O) groups excluding carboxylic acids is 1. The van der Waals surface area contributed by atoms with E-state index in [-0.39, 0.29) is 18.0 Å². The lowest BCUT2D eigenvalue weighted by atomic mass is 10.0. The number of hydrogen-bond donors (Lipinski definition) is 1. The third-order valence-electron chi connectivity index (χ3n) is 3.74. The highest BCUT2D eigenvalue weighted by Gasteiger charge is 2.06. The van der Waals surface area contributed by atoms with Crippen LogP contribution in [0.5, 0.6) is 0 Å². The summed E-state index contributed by atoms with van der Waals surface area (Å²) in [5.41, 5.74) is 4.08. The third-order valence-corrected chi connectivity index (χ3v) is 3.74. The van der Waals surface area contributed by atoms with Gasteiger partial charge in [0, 0.05) is 12.1 Å². The summed E-state index contributed by atoms with van der Waals surface area (Å²) in [7, 11) is 0. The van der Waals surface area contributed by atoms with Gasteiger partial charge in [-0.3, -0.25) is 14.9 Å². The van der Waals surface area contributed by atoms with Crippen LogP contribution in [0.4, 0.5) is 5.69 Å². The monoisotopic (exact) mass is 333 g/mol. The van der Waals surface area contributed by atoms with Crippen LogP contribution in [0.2, 0.25) is 0 Å². The molecule has 3 rings (SSSR count). The number of hydrazone groups is 1. The van der Waals surface area contributed by atoms with E-state index >= 15 is 0 Å². The first-order valence-electron chi connectivity index (χ1n) is 7.66. The van der Waals surface area contributed by atoms with E-state index in [1.54, 1.807) is 12.1 Å². The largest absolute Gasteiger partial charge is 0.273 e. The molecule has 0 atom stereocenters. The van der Waals surface area contributed by atoms with Crippen molar-refractivity contribution in [3.8, 4) is 0 Å². The molecule has 0 radical (unpaired) electrons. The molecule has 0 aromatic heterocycles. The highest BCUT2D eigenvalue weighted by molar-refractivity contribution is 5.90. The number of nitrogens with one attached hydrogen (secondary N) is 1. The number of nitro groups is 1. The van der Waals surface area contributed by atoms with Gasteiger partial charge in [0.25, 0.3) is 5.69 Å². The minimum atomic E-state index is -0.465. The van der Waals surface area contributed by atoms with Crippen LogP contribution < -0.4 is 5.43 Å². The maximum Gasteiger partial charge on any atom is 0.269 e. The average molecular weight is 333 g/mol. The number of carbonyl (C=O) groups is 1. The molecule has 1 amide bonds. The van der Waals surface area contributed by atoms with Gasteiger partial charge >= 0.3 is 0 Å². The van der Waals surface area contributed by atoms with E-state index in [0.717, 1.165) is 16.3 Å². The normalized spacial score (nSPS) is 10.9. The molecule has 0 aliphatic carbocycles. The Bertz CT molecular complexity index is 944. The first-order chi connectivity index (χ1) is 12.1. The number of nitro benzene ring substituents is 1. The lowest BCUT2D eigenvalue weighted by Gasteiger charge is -2.05. The van der Waals surface area contributed by atoms with Crippen LogP contribution in [0, 0.1) is 10.1 Å². The van der Waals surface area contributed by atoms with Crippen molar-refractivity contribution in [1.82, 2.24) is 5.43 Å². The van der Waals surface area contributed by atoms with Gasteiger partial charge < -0.3 is 0 Å². The second kappa shape index (κ2) is 7.35. The first kappa shape index (κ1) is 16.3. The summed E-state index contributed by atoms with van der Waals surface area (Å²) in [6.07, 6.45) is 1.67. The molecule has 6 heteroatoms. The molecule has 0 spiro atoms. The lowest BCUT2D eigenvalue weighted by Crippen LogP contribution is -2.19. The summed E-state index contributed by atoms with van der Waals surface area (Å²) in [6, 6.07) is 19.6. The Hall–Kier alpha value is -3.54. The van der Waals surface area contributed by atoms with E-state index in [2.05, 4.69) is 10.5 Å². The van der Waals surface area contributed by atoms with Crippen molar-refractivity contribution in [1.29, 1.82) is 0 Å². The van der Waals surface area contributed by atoms with Gasteiger partial charge in [0.05, 0.1) is 17.6 Å². The van der Waals surface area contributed by atoms with E-state index in [1.807, 2.05) is 42.5 Å². The zero-order valence-corrected chi connectivity index (χ0v) is 13.3. The Morgan fingerprint density at radius 3 is 2.52 bits per heavy atom. The Morgan fingerprint density at radius 1 is 1.04 bits per heavy atom. The van der Waals surface area contributed by atoms with Gasteiger partial charge in [-0.15, -0.1) is 0 Å². The standard InChI is InChI=1S/C19H15N3O3/c23-19(12-16-6-3-5-15-4-1-2-7-18(15)16)21-20-13-14-8-10-17(11-9-14)22(24)25/h1-11,13H,12H2,(H,21,23)/b20-13+. The molecule has 0 unspecified atom stereocenters. The van der Waals surface area contributed by atoms with E-state index < -0.39 is 4.92 Å². The molecule has 0 aliphatic heterocycles. The number of benzene rings is 3. The van der Waals surface area contributed by atoms with Gasteiger partial charge in [-0.25, -0.2) is 5.43 Å². The van der Waals surface area contributed by atoms with E-state index in [4.69, 9.17) is 0 Å². The van der Waals surface area contributed by atoms with E-state index in [1.165, 1.54) is 18.3 Å². The quantitative estimate of drug-likeness (QED) is 0.441. The summed E-state index contributed by atoms with van der Waals surface area (Å²) in [6.45, 7) is 0. The number of amides is 1. The van der Waals surface area contributed by atoms with Crippen LogP contribution in [-0.2, 0) is 11.2 Å². The van der Waals surface area contributed by atoms with Crippen molar-refractivity contribution < 1.29 is 9.72 Å². The zero-order chi connectivity index (χ0) is 17.6. The second-order valence-electron chi connectivity index (χ2n) is 5.46. The molecule has 6 nitrogen and oxygen atoms in total. The molecule has 0 heterocycles. The topological polar surface area (TPSA) is 84.6 Å². The van der Waals surface area contributed by atoms with Crippen LogP contribution in [-0.4, -0.2) is 17.0 Å². The van der Waals surface area contributed by atoms with Crippen LogP contribution in [0.25, 0.3) is 10.8 Å². The Morgan fingerprint density at radius 2 is 1.76 bits per heavy atom. The van der Waals surface area contributed by atoms with Crippen molar-refractivity contribution in [2.75, 3.05) is 0 Å². The number of nitrogens with zero attached hydrogens (tertiary/aromatic N) is 2. The van der Waals surface area contributed by atoms with Crippen LogP contribution in [0.1, 0.15) is 11.1 Å². The smallest absolute Gasteiger partial charge is 0.269 e. The first-order valence-corrected chi connectivity index (χ1v) is 7.66. The number of rotatable bonds is 5. The van der Waals surface area contributed by atoms with Crippen LogP contribution in [0.3, 0.4) is 0 Å². The summed E-state index contributed by atoms with van der Waals surface area (Å²) in [4.78, 5) is 22.2. The van der Waals surface area contributed by atoms with Crippen molar-refractivity contribution in [3.05, 3.63) is 88.0 Å². The van der Waals surface area contributed by atoms with E-state index in [9.17, 15) is 14.9 Å². The van der Waals surface area contributed by atoms with Gasteiger partial charge in [0.1, 0.15) is 0 Å². The van der Waals surface area contributed by atoms with Gasteiger partial charge in [0.15, 0.2) is 0 Å². The van der Waals surface area contributed by atoms with Crippen molar-refractivity contribution >= 4 is 28.6 Å². The molecule has 25 heavy (non-hydrogen) atoms. The predicted molar refractivity (Wildman–Crippen MR) is 96.5 cm³/mol. The molecule has 0 fully saturated rings. The lowest BCUT2D eigenvalue weighted by molar-refractivity contribution is -0.384. The van der Waals surface area contributed by atoms with Gasteiger partial charge in [-0.2, -0.15) is 5.10 Å². The van der Waals surface area contributed by atoms with Gasteiger partial charge in [-0.05, 0) is 34.0 Å². The van der Waals surface area contributed by atoms with E-state index in [0.29, 0.717) is 5.56 Å². The molecule has 3 aromatic rings. The SMILES string of the molecule is O=C(Cc1cccc2ccccc12)N/N=C/c1ccc([N+](=O)[O-])cc1. The van der Waals surface area contributed by atoms with Crippen LogP contribution in [0.15, 0.2) is 71.8 Å². The fourth-order valence-corrected chi connectivity index (χ4v) is 2.52. The molecule has 0 saturated heterocycles. The molecular formula is C19H15N3O3. The van der Waals surface area contributed by atoms with Gasteiger partial charge in [-0.1, -0.05) is 42.5 Å². The molecule has 0 aliphatic rings. The van der Waals surface area contributed by atoms with Gasteiger partial charge in [0.2, 0.25) is 5.91 Å². The Balaban J connectivity index is 1.63. The molecule has 124 valence electrons. The summed E-state index contributed by atoms with van der Waals surface area (Å²) < 4.78 is 0. The summed E-state index contributed by atoms with van der Waals surface area (Å²) >= 11 is 0. The summed E-state index contributed by atoms with van der Waals surface area (Å²) in [5.74, 6) is -0.227. The number of fused-ring (bicyclic) bond motifs is 1. The molecular weight excluding hydrogens is 318 g/mol. The van der Waals surface area contributed by atoms with Crippen molar-refractivity contribution in [2.45, 2.75) is 6.42 Å². The Kier molecular flexibility index (Phi) is 4.80. The van der Waals surface area contributed by atoms with Crippen LogP contribution >= 0.6 is 0 Å². The third kappa shape index (κ3) is 4.06. The fourth-order valence-electron chi connectivity index (χ4n) is 2.52.